The first-order valence-electron chi connectivity index (χ1n) is 8.84. The highest BCUT2D eigenvalue weighted by Gasteiger charge is 2.35. The van der Waals surface area contributed by atoms with Crippen LogP contribution in [0.25, 0.3) is 10.9 Å². The van der Waals surface area contributed by atoms with Crippen molar-refractivity contribution < 1.29 is 22.3 Å². The van der Waals surface area contributed by atoms with Gasteiger partial charge in [-0.05, 0) is 48.9 Å². The quantitative estimate of drug-likeness (QED) is 0.392. The van der Waals surface area contributed by atoms with Gasteiger partial charge in [-0.1, -0.05) is 30.3 Å². The standard InChI is InChI=1S/C20H15F3N4O2S/c1-11-7-8-12(2)15(9-11)28-10-16-26-27-19(29-16)30-17-13-5-3-4-6-14(13)24-18(25-17)20(21,22)23/h3-9H,10H2,1-2H3. The van der Waals surface area contributed by atoms with Crippen LogP contribution in [0.4, 0.5) is 13.2 Å². The topological polar surface area (TPSA) is 73.9 Å². The third-order valence-corrected chi connectivity index (χ3v) is 4.99. The van der Waals surface area contributed by atoms with Crippen LogP contribution in [-0.4, -0.2) is 20.2 Å². The summed E-state index contributed by atoms with van der Waals surface area (Å²) in [4.78, 5) is 7.26. The number of aryl methyl sites for hydroxylation is 2. The van der Waals surface area contributed by atoms with Crippen LogP contribution >= 0.6 is 11.8 Å². The van der Waals surface area contributed by atoms with Gasteiger partial charge in [0.15, 0.2) is 6.61 Å². The van der Waals surface area contributed by atoms with E-state index in [0.29, 0.717) is 11.1 Å². The molecule has 10 heteroatoms. The SMILES string of the molecule is Cc1ccc(C)c(OCc2nnc(Sc3nc(C(F)(F)F)nc4ccccc34)o2)c1. The minimum atomic E-state index is -4.67. The van der Waals surface area contributed by atoms with Gasteiger partial charge in [0.1, 0.15) is 10.8 Å². The number of fused-ring (bicyclic) bond motifs is 1. The highest BCUT2D eigenvalue weighted by Crippen LogP contribution is 2.34. The normalized spacial score (nSPS) is 11.8. The van der Waals surface area contributed by atoms with Gasteiger partial charge >= 0.3 is 6.18 Å². The summed E-state index contributed by atoms with van der Waals surface area (Å²) in [5.41, 5.74) is 2.19. The molecular formula is C20H15F3N4O2S. The predicted octanol–water partition coefficient (Wildman–Crippen LogP) is 5.38. The molecule has 4 aromatic rings. The maximum atomic E-state index is 13.2. The molecule has 30 heavy (non-hydrogen) atoms. The van der Waals surface area contributed by atoms with Gasteiger partial charge in [0.05, 0.1) is 5.52 Å². The first-order chi connectivity index (χ1) is 14.3. The summed E-state index contributed by atoms with van der Waals surface area (Å²) < 4.78 is 50.7. The lowest BCUT2D eigenvalue weighted by molar-refractivity contribution is -0.145. The summed E-state index contributed by atoms with van der Waals surface area (Å²) >= 11 is 0.849. The third-order valence-electron chi connectivity index (χ3n) is 4.15. The van der Waals surface area contributed by atoms with E-state index in [1.165, 1.54) is 6.07 Å². The van der Waals surface area contributed by atoms with E-state index in [9.17, 15) is 13.2 Å². The number of para-hydroxylation sites is 1. The lowest BCUT2D eigenvalue weighted by atomic mass is 10.1. The average molecular weight is 432 g/mol. The molecule has 6 nitrogen and oxygen atoms in total. The second kappa shape index (κ2) is 7.94. The maximum absolute atomic E-state index is 13.2. The molecule has 0 fully saturated rings. The smallest absolute Gasteiger partial charge is 0.451 e. The molecule has 0 aliphatic rings. The Bertz CT molecular complexity index is 1210. The van der Waals surface area contributed by atoms with E-state index < -0.39 is 12.0 Å². The van der Waals surface area contributed by atoms with E-state index >= 15 is 0 Å². The molecule has 0 N–H and O–H groups in total. The van der Waals surface area contributed by atoms with Crippen LogP contribution in [0.1, 0.15) is 22.8 Å². The summed E-state index contributed by atoms with van der Waals surface area (Å²) in [6.07, 6.45) is -4.67. The number of benzene rings is 2. The van der Waals surface area contributed by atoms with Gasteiger partial charge < -0.3 is 9.15 Å². The summed E-state index contributed by atoms with van der Waals surface area (Å²) in [6, 6.07) is 12.3. The minimum Gasteiger partial charge on any atom is -0.484 e. The summed E-state index contributed by atoms with van der Waals surface area (Å²) in [6.45, 7) is 3.91. The zero-order valence-corrected chi connectivity index (χ0v) is 16.7. The first-order valence-corrected chi connectivity index (χ1v) is 9.65. The van der Waals surface area contributed by atoms with Crippen molar-refractivity contribution in [2.45, 2.75) is 36.9 Å². The lowest BCUT2D eigenvalue weighted by Gasteiger charge is -2.09. The average Bonchev–Trinajstić information content (AvgIpc) is 3.15. The molecule has 0 bridgehead atoms. The Morgan fingerprint density at radius 1 is 1.03 bits per heavy atom. The van der Waals surface area contributed by atoms with Crippen LogP contribution in [0, 0.1) is 13.8 Å². The van der Waals surface area contributed by atoms with E-state index in [1.807, 2.05) is 32.0 Å². The van der Waals surface area contributed by atoms with Crippen LogP contribution in [0.5, 0.6) is 5.75 Å². The number of alkyl halides is 3. The van der Waals surface area contributed by atoms with Gasteiger partial charge in [-0.15, -0.1) is 10.2 Å². The van der Waals surface area contributed by atoms with E-state index in [-0.39, 0.29) is 28.3 Å². The Hall–Kier alpha value is -3.14. The van der Waals surface area contributed by atoms with Gasteiger partial charge in [0, 0.05) is 5.39 Å². The number of ether oxygens (including phenoxy) is 1. The fourth-order valence-corrected chi connectivity index (χ4v) is 3.47. The fourth-order valence-electron chi connectivity index (χ4n) is 2.67. The molecule has 154 valence electrons. The van der Waals surface area contributed by atoms with E-state index in [1.54, 1.807) is 18.2 Å². The molecular weight excluding hydrogens is 417 g/mol. The van der Waals surface area contributed by atoms with Crippen LogP contribution < -0.4 is 4.74 Å². The number of halogens is 3. The molecule has 0 amide bonds. The maximum Gasteiger partial charge on any atom is 0.451 e. The Morgan fingerprint density at radius 2 is 1.83 bits per heavy atom. The van der Waals surface area contributed by atoms with Gasteiger partial charge in [-0.2, -0.15) is 13.2 Å². The van der Waals surface area contributed by atoms with Gasteiger partial charge in [0.2, 0.25) is 5.82 Å². The molecule has 4 rings (SSSR count). The van der Waals surface area contributed by atoms with E-state index in [2.05, 4.69) is 20.2 Å². The molecule has 0 saturated carbocycles. The Morgan fingerprint density at radius 3 is 2.63 bits per heavy atom. The first kappa shape index (κ1) is 20.1. The van der Waals surface area contributed by atoms with Crippen LogP contribution in [0.2, 0.25) is 0 Å². The fraction of sp³-hybridized carbons (Fsp3) is 0.200. The van der Waals surface area contributed by atoms with Crippen molar-refractivity contribution in [1.29, 1.82) is 0 Å². The third kappa shape index (κ3) is 4.38. The van der Waals surface area contributed by atoms with Crippen molar-refractivity contribution in [3.63, 3.8) is 0 Å². The Kier molecular flexibility index (Phi) is 5.33. The molecule has 0 radical (unpaired) electrons. The lowest BCUT2D eigenvalue weighted by Crippen LogP contribution is -2.11. The molecule has 0 aliphatic carbocycles. The zero-order chi connectivity index (χ0) is 21.3. The molecule has 2 aromatic carbocycles. The molecule has 0 unspecified atom stereocenters. The largest absolute Gasteiger partial charge is 0.484 e. The van der Waals surface area contributed by atoms with Gasteiger partial charge in [-0.25, -0.2) is 9.97 Å². The molecule has 0 saturated heterocycles. The molecule has 2 aromatic heterocycles. The van der Waals surface area contributed by atoms with Crippen molar-refractivity contribution in [3.05, 3.63) is 65.3 Å². The summed E-state index contributed by atoms with van der Waals surface area (Å²) in [5, 5.41) is 8.39. The summed E-state index contributed by atoms with van der Waals surface area (Å²) in [5.74, 6) is -0.325. The van der Waals surface area contributed by atoms with Crippen molar-refractivity contribution in [3.8, 4) is 5.75 Å². The van der Waals surface area contributed by atoms with Crippen LogP contribution in [-0.2, 0) is 12.8 Å². The van der Waals surface area contributed by atoms with Crippen molar-refractivity contribution in [1.82, 2.24) is 20.2 Å². The van der Waals surface area contributed by atoms with E-state index in [4.69, 9.17) is 9.15 Å². The second-order valence-corrected chi connectivity index (χ2v) is 7.43. The number of rotatable bonds is 5. The van der Waals surface area contributed by atoms with Crippen molar-refractivity contribution in [2.75, 3.05) is 0 Å². The van der Waals surface area contributed by atoms with Crippen LogP contribution in [0.3, 0.4) is 0 Å². The number of aromatic nitrogens is 4. The molecule has 2 heterocycles. The highest BCUT2D eigenvalue weighted by molar-refractivity contribution is 7.99. The van der Waals surface area contributed by atoms with Crippen LogP contribution in [0.15, 0.2) is 57.1 Å². The second-order valence-electron chi connectivity index (χ2n) is 6.49. The predicted molar refractivity (Wildman–Crippen MR) is 103 cm³/mol. The Balaban J connectivity index is 1.56. The van der Waals surface area contributed by atoms with Gasteiger partial charge in [0.25, 0.3) is 11.1 Å². The van der Waals surface area contributed by atoms with Gasteiger partial charge in [-0.3, -0.25) is 0 Å². The number of hydrogen-bond acceptors (Lipinski definition) is 7. The van der Waals surface area contributed by atoms with E-state index in [0.717, 1.165) is 22.9 Å². The molecule has 0 aliphatic heterocycles. The number of nitrogens with zero attached hydrogens (tertiary/aromatic N) is 4. The highest BCUT2D eigenvalue weighted by atomic mass is 32.2. The van der Waals surface area contributed by atoms with Crippen molar-refractivity contribution >= 4 is 22.7 Å². The summed E-state index contributed by atoms with van der Waals surface area (Å²) in [7, 11) is 0. The number of hydrogen-bond donors (Lipinski definition) is 0. The molecule has 0 spiro atoms. The monoisotopic (exact) mass is 432 g/mol. The van der Waals surface area contributed by atoms with Crippen molar-refractivity contribution in [2.24, 2.45) is 0 Å². The minimum absolute atomic E-state index is 0.0379. The molecule has 0 atom stereocenters. The Labute approximate surface area is 173 Å². The zero-order valence-electron chi connectivity index (χ0n) is 15.9.